The van der Waals surface area contributed by atoms with Crippen molar-refractivity contribution in [2.75, 3.05) is 6.54 Å². The number of hydrogen-bond acceptors (Lipinski definition) is 4. The molecule has 3 aliphatic rings. The lowest BCUT2D eigenvalue weighted by Gasteiger charge is -2.36. The molecular weight excluding hydrogens is 558 g/mol. The van der Waals surface area contributed by atoms with Crippen LogP contribution in [0.4, 0.5) is 0 Å². The van der Waals surface area contributed by atoms with E-state index in [0.717, 1.165) is 68.6 Å². The second kappa shape index (κ2) is 20.3. The molecule has 0 aromatic heterocycles. The molecule has 0 spiro atoms. The zero-order valence-corrected chi connectivity index (χ0v) is 30.7. The van der Waals surface area contributed by atoms with Crippen LogP contribution in [0.1, 0.15) is 177 Å². The Morgan fingerprint density at radius 2 is 1.20 bits per heavy atom. The summed E-state index contributed by atoms with van der Waals surface area (Å²) in [6.07, 6.45) is 23.0. The van der Waals surface area contributed by atoms with Gasteiger partial charge in [0.05, 0.1) is 18.6 Å². The third-order valence-electron chi connectivity index (χ3n) is 11.8. The van der Waals surface area contributed by atoms with Crippen LogP contribution >= 0.6 is 0 Å². The molecule has 5 unspecified atom stereocenters. The maximum Gasteiger partial charge on any atom is 0.329 e. The minimum atomic E-state index is -0.430. The fourth-order valence-electron chi connectivity index (χ4n) is 8.64. The molecule has 3 heterocycles. The van der Waals surface area contributed by atoms with Crippen LogP contribution in [-0.4, -0.2) is 47.7 Å². The van der Waals surface area contributed by atoms with Crippen LogP contribution in [0, 0.1) is 35.5 Å². The van der Waals surface area contributed by atoms with Gasteiger partial charge in [-0.05, 0) is 106 Å². The number of cyclic esters (lactones) is 1. The van der Waals surface area contributed by atoms with E-state index < -0.39 is 6.04 Å². The Balaban J connectivity index is 1.60. The van der Waals surface area contributed by atoms with E-state index in [-0.39, 0.29) is 30.2 Å². The smallest absolute Gasteiger partial charge is 0.329 e. The summed E-state index contributed by atoms with van der Waals surface area (Å²) in [5, 5.41) is 0. The van der Waals surface area contributed by atoms with Gasteiger partial charge in [-0.1, -0.05) is 99.8 Å². The van der Waals surface area contributed by atoms with E-state index in [1.54, 1.807) is 0 Å². The number of esters is 1. The Labute approximate surface area is 278 Å². The average molecular weight is 632 g/mol. The van der Waals surface area contributed by atoms with Crippen LogP contribution in [0.5, 0.6) is 0 Å². The molecule has 0 N–H and O–H groups in total. The number of rotatable bonds is 1. The zero-order chi connectivity index (χ0) is 32.8. The fourth-order valence-corrected chi connectivity index (χ4v) is 8.64. The third kappa shape index (κ3) is 13.9. The number of carbonyl (C=O) groups excluding carboxylic acids is 2. The molecule has 0 aromatic rings. The van der Waals surface area contributed by atoms with Crippen LogP contribution in [0.3, 0.4) is 0 Å². The first kappa shape index (κ1) is 38.3. The van der Waals surface area contributed by atoms with Crippen molar-refractivity contribution in [3.63, 3.8) is 0 Å². The molecule has 10 atom stereocenters. The average Bonchev–Trinajstić information content (AvgIpc) is 3.49. The summed E-state index contributed by atoms with van der Waals surface area (Å²) < 4.78 is 12.7. The van der Waals surface area contributed by atoms with Gasteiger partial charge in [0.2, 0.25) is 5.91 Å². The molecule has 2 bridgehead atoms. The second-order valence-corrected chi connectivity index (χ2v) is 16.5. The monoisotopic (exact) mass is 632 g/mol. The first-order valence-electron chi connectivity index (χ1n) is 19.7. The standard InChI is InChI=1S/C40H73NO4/c1-8-35-22-20-33(6)27-32(5)17-12-16-31(4)26-30(3)15-11-9-10-14-29(2)19-23-36-24-21-34(7)38(44-36)28-39(42)41-25-13-18-37(41)40(43)45-35/h29-38H,8-28H2,1-7H3/t29?,30-,31?,32?,33+,34-,35?,36-,37+,38?/m1/s1. The van der Waals surface area contributed by atoms with Crippen molar-refractivity contribution in [1.82, 2.24) is 4.90 Å². The van der Waals surface area contributed by atoms with Crippen LogP contribution in [-0.2, 0) is 19.1 Å². The van der Waals surface area contributed by atoms with Crippen LogP contribution in [0.25, 0.3) is 0 Å². The summed E-state index contributed by atoms with van der Waals surface area (Å²) in [5.41, 5.74) is 0. The van der Waals surface area contributed by atoms with Gasteiger partial charge in [-0.3, -0.25) is 4.79 Å². The number of fused-ring (bicyclic) bond motifs is 3. The van der Waals surface area contributed by atoms with Crippen LogP contribution < -0.4 is 0 Å². The summed E-state index contributed by atoms with van der Waals surface area (Å²) in [6, 6.07) is -0.430. The molecule has 3 rings (SSSR count). The van der Waals surface area contributed by atoms with Crippen LogP contribution in [0.2, 0.25) is 0 Å². The van der Waals surface area contributed by atoms with Gasteiger partial charge in [0.15, 0.2) is 0 Å². The summed E-state index contributed by atoms with van der Waals surface area (Å²) in [7, 11) is 0. The molecular formula is C40H73NO4. The first-order valence-corrected chi connectivity index (χ1v) is 19.7. The van der Waals surface area contributed by atoms with Crippen molar-refractivity contribution in [3.05, 3.63) is 0 Å². The van der Waals surface area contributed by atoms with Crippen molar-refractivity contribution in [3.8, 4) is 0 Å². The summed E-state index contributed by atoms with van der Waals surface area (Å²) >= 11 is 0. The molecule has 1 amide bonds. The van der Waals surface area contributed by atoms with Crippen molar-refractivity contribution in [2.45, 2.75) is 201 Å². The van der Waals surface area contributed by atoms with Gasteiger partial charge < -0.3 is 14.4 Å². The highest BCUT2D eigenvalue weighted by molar-refractivity contribution is 5.85. The number of hydrogen-bond donors (Lipinski definition) is 0. The Hall–Kier alpha value is -1.10. The van der Waals surface area contributed by atoms with Crippen molar-refractivity contribution >= 4 is 11.9 Å². The van der Waals surface area contributed by atoms with Crippen molar-refractivity contribution in [2.24, 2.45) is 35.5 Å². The van der Waals surface area contributed by atoms with Gasteiger partial charge in [-0.2, -0.15) is 0 Å². The van der Waals surface area contributed by atoms with Gasteiger partial charge in [0.25, 0.3) is 0 Å². The lowest BCUT2D eigenvalue weighted by molar-refractivity contribution is -0.160. The molecule has 0 radical (unpaired) electrons. The van der Waals surface area contributed by atoms with Gasteiger partial charge in [0.1, 0.15) is 12.1 Å². The summed E-state index contributed by atoms with van der Waals surface area (Å²) in [6.45, 7) is 17.2. The maximum atomic E-state index is 13.6. The Morgan fingerprint density at radius 1 is 0.622 bits per heavy atom. The van der Waals surface area contributed by atoms with Crippen molar-refractivity contribution < 1.29 is 19.1 Å². The minimum Gasteiger partial charge on any atom is -0.461 e. The highest BCUT2D eigenvalue weighted by Crippen LogP contribution is 2.32. The Kier molecular flexibility index (Phi) is 17.3. The predicted molar refractivity (Wildman–Crippen MR) is 187 cm³/mol. The molecule has 262 valence electrons. The topological polar surface area (TPSA) is 55.8 Å². The molecule has 0 saturated carbocycles. The van der Waals surface area contributed by atoms with Crippen molar-refractivity contribution in [1.29, 1.82) is 0 Å². The minimum absolute atomic E-state index is 0.0446. The van der Waals surface area contributed by atoms with Crippen LogP contribution in [0.15, 0.2) is 0 Å². The maximum absolute atomic E-state index is 13.6. The normalized spacial score (nSPS) is 38.8. The number of ether oxygens (including phenoxy) is 2. The molecule has 3 saturated heterocycles. The van der Waals surface area contributed by atoms with E-state index in [4.69, 9.17) is 9.47 Å². The zero-order valence-electron chi connectivity index (χ0n) is 30.7. The van der Waals surface area contributed by atoms with Gasteiger partial charge in [0, 0.05) is 6.54 Å². The van der Waals surface area contributed by atoms with Gasteiger partial charge in [-0.25, -0.2) is 4.79 Å². The van der Waals surface area contributed by atoms with E-state index in [1.165, 1.54) is 70.6 Å². The Bertz CT molecular complexity index is 846. The van der Waals surface area contributed by atoms with E-state index in [2.05, 4.69) is 48.5 Å². The quantitative estimate of drug-likeness (QED) is 0.270. The largest absolute Gasteiger partial charge is 0.461 e. The Morgan fingerprint density at radius 3 is 1.87 bits per heavy atom. The first-order chi connectivity index (χ1) is 21.5. The van der Waals surface area contributed by atoms with E-state index in [9.17, 15) is 9.59 Å². The van der Waals surface area contributed by atoms with Gasteiger partial charge in [-0.15, -0.1) is 0 Å². The molecule has 5 nitrogen and oxygen atoms in total. The number of nitrogens with zero attached hydrogens (tertiary/aromatic N) is 1. The highest BCUT2D eigenvalue weighted by Gasteiger charge is 2.38. The number of carbonyl (C=O) groups is 2. The second-order valence-electron chi connectivity index (χ2n) is 16.5. The summed E-state index contributed by atoms with van der Waals surface area (Å²) in [5.74, 6) is 4.04. The highest BCUT2D eigenvalue weighted by atomic mass is 16.5. The lowest BCUT2D eigenvalue weighted by Crippen LogP contribution is -2.45. The summed E-state index contributed by atoms with van der Waals surface area (Å²) in [4.78, 5) is 28.8. The molecule has 45 heavy (non-hydrogen) atoms. The van der Waals surface area contributed by atoms with E-state index in [0.29, 0.717) is 31.2 Å². The van der Waals surface area contributed by atoms with Gasteiger partial charge >= 0.3 is 5.97 Å². The number of amides is 1. The van der Waals surface area contributed by atoms with E-state index >= 15 is 0 Å². The predicted octanol–water partition coefficient (Wildman–Crippen LogP) is 10.5. The molecule has 3 aliphatic heterocycles. The fraction of sp³-hybridized carbons (Fsp3) is 0.950. The third-order valence-corrected chi connectivity index (χ3v) is 11.8. The van der Waals surface area contributed by atoms with E-state index in [1.807, 2.05) is 4.90 Å². The molecule has 5 heteroatoms. The SMILES string of the molecule is CCC1CC[C@H](C)CC(C)CCCC(C)C[C@H](C)CCCCCC(C)CC[C@@H]2CC[C@@H](C)C(CC(=O)N3CCC[C@H]3C(=O)O1)O2. The molecule has 0 aliphatic carbocycles. The lowest BCUT2D eigenvalue weighted by atomic mass is 9.86. The molecule has 3 fully saturated rings. The molecule has 0 aromatic carbocycles.